The van der Waals surface area contributed by atoms with E-state index in [2.05, 4.69) is 5.32 Å². The predicted molar refractivity (Wildman–Crippen MR) is 96.8 cm³/mol. The monoisotopic (exact) mass is 361 g/mol. The average Bonchev–Trinajstić information content (AvgIpc) is 2.63. The van der Waals surface area contributed by atoms with Gasteiger partial charge in [0, 0.05) is 43.8 Å². The van der Waals surface area contributed by atoms with Crippen LogP contribution in [0.3, 0.4) is 0 Å². The number of ether oxygens (including phenoxy) is 2. The van der Waals surface area contributed by atoms with Gasteiger partial charge in [-0.1, -0.05) is 30.4 Å². The van der Waals surface area contributed by atoms with Crippen LogP contribution in [0.25, 0.3) is 0 Å². The van der Waals surface area contributed by atoms with Gasteiger partial charge in [-0.15, -0.1) is 0 Å². The Morgan fingerprint density at radius 3 is 2.77 bits per heavy atom. The number of carboxylic acid groups (broad SMARTS) is 1. The molecule has 1 spiro atoms. The Kier molecular flexibility index (Phi) is 6.29. The molecule has 26 heavy (non-hydrogen) atoms. The van der Waals surface area contributed by atoms with Crippen LogP contribution in [-0.2, 0) is 14.3 Å². The van der Waals surface area contributed by atoms with Gasteiger partial charge < -0.3 is 25.0 Å². The molecule has 2 fully saturated rings. The van der Waals surface area contributed by atoms with E-state index < -0.39 is 11.8 Å². The maximum atomic E-state index is 10.6. The van der Waals surface area contributed by atoms with E-state index in [-0.39, 0.29) is 24.2 Å². The van der Waals surface area contributed by atoms with Crippen LogP contribution in [0.4, 0.5) is 0 Å². The molecule has 2 aliphatic heterocycles. The molecule has 0 aromatic heterocycles. The molecule has 6 nitrogen and oxygen atoms in total. The van der Waals surface area contributed by atoms with E-state index in [4.69, 9.17) is 14.6 Å². The highest BCUT2D eigenvalue weighted by Crippen LogP contribution is 2.44. The number of aromatic hydroxyl groups is 1. The Hall–Kier alpha value is -1.89. The van der Waals surface area contributed by atoms with Gasteiger partial charge in [-0.25, -0.2) is 0 Å². The molecule has 0 bridgehead atoms. The van der Waals surface area contributed by atoms with Crippen LogP contribution in [0.1, 0.15) is 43.8 Å². The van der Waals surface area contributed by atoms with Crippen molar-refractivity contribution in [2.45, 2.75) is 44.0 Å². The number of phenols is 1. The molecule has 3 rings (SSSR count). The summed E-state index contributed by atoms with van der Waals surface area (Å²) in [6.07, 6.45) is 6.59. The van der Waals surface area contributed by atoms with Crippen molar-refractivity contribution in [3.8, 4) is 5.75 Å². The fourth-order valence-corrected chi connectivity index (χ4v) is 3.61. The van der Waals surface area contributed by atoms with Gasteiger partial charge in [0.2, 0.25) is 0 Å². The number of rotatable bonds is 6. The summed E-state index contributed by atoms with van der Waals surface area (Å²) >= 11 is 0. The fourth-order valence-electron chi connectivity index (χ4n) is 3.61. The van der Waals surface area contributed by atoms with Crippen molar-refractivity contribution in [3.05, 3.63) is 42.0 Å². The van der Waals surface area contributed by atoms with Crippen molar-refractivity contribution in [1.82, 2.24) is 5.32 Å². The lowest BCUT2D eigenvalue weighted by Crippen LogP contribution is -2.51. The van der Waals surface area contributed by atoms with Gasteiger partial charge in [-0.2, -0.15) is 0 Å². The summed E-state index contributed by atoms with van der Waals surface area (Å²) < 4.78 is 12.6. The van der Waals surface area contributed by atoms with Crippen LogP contribution in [-0.4, -0.2) is 41.7 Å². The molecule has 2 heterocycles. The van der Waals surface area contributed by atoms with Gasteiger partial charge in [0.1, 0.15) is 5.75 Å². The fraction of sp³-hybridized carbons (Fsp3) is 0.550. The first-order valence-corrected chi connectivity index (χ1v) is 9.27. The number of phenolic OH excluding ortho intramolecular Hbond substituents is 1. The normalized spacial score (nSPS) is 25.5. The van der Waals surface area contributed by atoms with Gasteiger partial charge in [0.05, 0.1) is 12.7 Å². The second kappa shape index (κ2) is 8.66. The minimum absolute atomic E-state index is 0.0740. The van der Waals surface area contributed by atoms with E-state index in [1.165, 1.54) is 0 Å². The van der Waals surface area contributed by atoms with Crippen molar-refractivity contribution in [2.75, 3.05) is 19.7 Å². The molecule has 2 aliphatic rings. The van der Waals surface area contributed by atoms with Crippen molar-refractivity contribution in [1.29, 1.82) is 0 Å². The topological polar surface area (TPSA) is 88.0 Å². The maximum absolute atomic E-state index is 10.6. The quantitative estimate of drug-likeness (QED) is 0.675. The Labute approximate surface area is 153 Å². The number of hydrogen-bond acceptors (Lipinski definition) is 5. The molecular formula is C20H27NO5. The minimum Gasteiger partial charge on any atom is -0.508 e. The summed E-state index contributed by atoms with van der Waals surface area (Å²) in [7, 11) is 0. The van der Waals surface area contributed by atoms with Gasteiger partial charge in [0.15, 0.2) is 5.79 Å². The molecule has 3 N–H and O–H groups in total. The Morgan fingerprint density at radius 2 is 2.04 bits per heavy atom. The zero-order valence-electron chi connectivity index (χ0n) is 14.9. The second-order valence-electron chi connectivity index (χ2n) is 6.97. The Morgan fingerprint density at radius 1 is 1.27 bits per heavy atom. The summed E-state index contributed by atoms with van der Waals surface area (Å²) in [6.45, 7) is 2.27. The molecule has 1 aromatic carbocycles. The Balaban J connectivity index is 1.72. The summed E-state index contributed by atoms with van der Waals surface area (Å²) in [5.41, 5.74) is 0.789. The van der Waals surface area contributed by atoms with Crippen molar-refractivity contribution >= 4 is 5.97 Å². The van der Waals surface area contributed by atoms with Crippen LogP contribution in [0, 0.1) is 5.92 Å². The number of carboxylic acids is 1. The first-order chi connectivity index (χ1) is 12.6. The average molecular weight is 361 g/mol. The lowest BCUT2D eigenvalue weighted by molar-refractivity contribution is -0.322. The summed E-state index contributed by atoms with van der Waals surface area (Å²) in [4.78, 5) is 10.6. The third-order valence-corrected chi connectivity index (χ3v) is 5.07. The molecule has 0 unspecified atom stereocenters. The van der Waals surface area contributed by atoms with E-state index in [1.807, 2.05) is 24.3 Å². The van der Waals surface area contributed by atoms with E-state index in [0.29, 0.717) is 19.4 Å². The van der Waals surface area contributed by atoms with Crippen molar-refractivity contribution in [3.63, 3.8) is 0 Å². The number of nitrogens with one attached hydrogen (secondary N) is 1. The number of para-hydroxylation sites is 1. The first-order valence-electron chi connectivity index (χ1n) is 9.27. The van der Waals surface area contributed by atoms with Crippen molar-refractivity contribution in [2.24, 2.45) is 5.92 Å². The lowest BCUT2D eigenvalue weighted by Gasteiger charge is -2.47. The molecule has 0 radical (unpaired) electrons. The lowest BCUT2D eigenvalue weighted by atomic mass is 9.89. The number of benzene rings is 1. The number of aliphatic carboxylic acids is 1. The van der Waals surface area contributed by atoms with Crippen LogP contribution >= 0.6 is 0 Å². The number of piperidine rings is 1. The van der Waals surface area contributed by atoms with Crippen LogP contribution in [0.5, 0.6) is 5.75 Å². The Bertz CT molecular complexity index is 639. The van der Waals surface area contributed by atoms with E-state index in [1.54, 1.807) is 12.1 Å². The third kappa shape index (κ3) is 4.63. The zero-order chi connectivity index (χ0) is 18.4. The van der Waals surface area contributed by atoms with Crippen molar-refractivity contribution < 1.29 is 24.5 Å². The maximum Gasteiger partial charge on any atom is 0.303 e. The molecule has 0 aliphatic carbocycles. The molecule has 6 heteroatoms. The van der Waals surface area contributed by atoms with Gasteiger partial charge in [-0.05, 0) is 18.9 Å². The largest absolute Gasteiger partial charge is 0.508 e. The highest BCUT2D eigenvalue weighted by Gasteiger charge is 2.44. The number of carbonyl (C=O) groups is 1. The van der Waals surface area contributed by atoms with E-state index >= 15 is 0 Å². The SMILES string of the molecule is O=C(O)CCC=CC[C@@H]1COC2(CCNCC2)O[C@@H]1c1ccccc1O. The predicted octanol–water partition coefficient (Wildman–Crippen LogP) is 2.99. The summed E-state index contributed by atoms with van der Waals surface area (Å²) in [6, 6.07) is 7.30. The summed E-state index contributed by atoms with van der Waals surface area (Å²) in [5.74, 6) is -1.06. The van der Waals surface area contributed by atoms with Crippen LogP contribution in [0.2, 0.25) is 0 Å². The van der Waals surface area contributed by atoms with Crippen LogP contribution < -0.4 is 5.32 Å². The zero-order valence-corrected chi connectivity index (χ0v) is 14.9. The minimum atomic E-state index is -0.793. The molecule has 142 valence electrons. The molecule has 2 atom stereocenters. The summed E-state index contributed by atoms with van der Waals surface area (Å²) in [5, 5.41) is 22.4. The second-order valence-corrected chi connectivity index (χ2v) is 6.97. The standard InChI is InChI=1S/C20H27NO5/c22-17-8-5-4-7-16(17)19-15(6-2-1-3-9-18(23)24)14-25-20(26-19)10-12-21-13-11-20/h1-2,4-5,7-8,15,19,21-22H,3,6,9-14H2,(H,23,24)/t15-,19+/m1/s1. The highest BCUT2D eigenvalue weighted by atomic mass is 16.7. The van der Waals surface area contributed by atoms with E-state index in [0.717, 1.165) is 31.5 Å². The van der Waals surface area contributed by atoms with Gasteiger partial charge in [0.25, 0.3) is 0 Å². The molecule has 0 amide bonds. The molecule has 2 saturated heterocycles. The van der Waals surface area contributed by atoms with E-state index in [9.17, 15) is 9.90 Å². The molecule has 1 aromatic rings. The van der Waals surface area contributed by atoms with Gasteiger partial charge >= 0.3 is 5.97 Å². The smallest absolute Gasteiger partial charge is 0.303 e. The highest BCUT2D eigenvalue weighted by molar-refractivity contribution is 5.66. The van der Waals surface area contributed by atoms with Gasteiger partial charge in [-0.3, -0.25) is 4.79 Å². The van der Waals surface area contributed by atoms with Crippen LogP contribution in [0.15, 0.2) is 36.4 Å². The number of hydrogen-bond donors (Lipinski definition) is 3. The number of allylic oxidation sites excluding steroid dienone is 2. The molecular weight excluding hydrogens is 334 g/mol. The molecule has 0 saturated carbocycles. The third-order valence-electron chi connectivity index (χ3n) is 5.07. The first kappa shape index (κ1) is 18.9.